The van der Waals surface area contributed by atoms with Crippen LogP contribution in [0, 0.1) is 0 Å². The van der Waals surface area contributed by atoms with Gasteiger partial charge in [0.25, 0.3) is 0 Å². The molecule has 0 heterocycles. The molecule has 1 aromatic carbocycles. The van der Waals surface area contributed by atoms with Gasteiger partial charge in [-0.15, -0.1) is 0 Å². The first-order valence-corrected chi connectivity index (χ1v) is 7.36. The molecule has 0 aliphatic carbocycles. The van der Waals surface area contributed by atoms with E-state index in [-0.39, 0.29) is 0 Å². The van der Waals surface area contributed by atoms with E-state index in [9.17, 15) is 9.90 Å². The molecule has 1 atom stereocenters. The van der Waals surface area contributed by atoms with Crippen molar-refractivity contribution in [2.24, 2.45) is 0 Å². The lowest BCUT2D eigenvalue weighted by atomic mass is 9.89. The molecular formula is C16H26N2O3. The van der Waals surface area contributed by atoms with Gasteiger partial charge in [-0.1, -0.05) is 44.2 Å². The third-order valence-electron chi connectivity index (χ3n) is 3.63. The number of hydrogen-bond donors (Lipinski definition) is 2. The van der Waals surface area contributed by atoms with Crippen LogP contribution in [0.3, 0.4) is 0 Å². The summed E-state index contributed by atoms with van der Waals surface area (Å²) in [7, 11) is 1.65. The van der Waals surface area contributed by atoms with E-state index in [1.54, 1.807) is 7.11 Å². The molecule has 1 aromatic rings. The summed E-state index contributed by atoms with van der Waals surface area (Å²) < 4.78 is 5.11. The number of nitrogens with zero attached hydrogens (tertiary/aromatic N) is 1. The quantitative estimate of drug-likeness (QED) is 0.685. The van der Waals surface area contributed by atoms with Crippen molar-refractivity contribution in [1.29, 1.82) is 0 Å². The van der Waals surface area contributed by atoms with Crippen molar-refractivity contribution >= 4 is 5.97 Å². The topological polar surface area (TPSA) is 61.8 Å². The molecule has 0 radical (unpaired) electrons. The number of nitrogens with one attached hydrogen (secondary N) is 1. The van der Waals surface area contributed by atoms with E-state index in [0.29, 0.717) is 26.2 Å². The first-order chi connectivity index (χ1) is 10.1. The Morgan fingerprint density at radius 1 is 1.33 bits per heavy atom. The molecule has 0 fully saturated rings. The minimum absolute atomic E-state index is 0.403. The van der Waals surface area contributed by atoms with Gasteiger partial charge in [0, 0.05) is 20.2 Å². The molecule has 1 rings (SSSR count). The smallest absolute Gasteiger partial charge is 0.329 e. The van der Waals surface area contributed by atoms with Gasteiger partial charge in [0.05, 0.1) is 6.61 Å². The molecule has 5 nitrogen and oxygen atoms in total. The maximum atomic E-state index is 12.0. The number of ether oxygens (including phenoxy) is 1. The van der Waals surface area contributed by atoms with Crippen molar-refractivity contribution in [1.82, 2.24) is 10.2 Å². The molecule has 0 aliphatic rings. The fourth-order valence-electron chi connectivity index (χ4n) is 2.45. The predicted molar refractivity (Wildman–Crippen MR) is 83.4 cm³/mol. The van der Waals surface area contributed by atoms with Gasteiger partial charge in [-0.25, -0.2) is 4.79 Å². The summed E-state index contributed by atoms with van der Waals surface area (Å²) in [5, 5.41) is 13.0. The zero-order valence-corrected chi connectivity index (χ0v) is 13.1. The number of benzene rings is 1. The molecule has 0 saturated carbocycles. The maximum absolute atomic E-state index is 12.0. The number of hydrogen-bond acceptors (Lipinski definition) is 4. The number of carboxylic acids is 1. The van der Waals surface area contributed by atoms with Crippen LogP contribution in [-0.2, 0) is 15.1 Å². The summed E-state index contributed by atoms with van der Waals surface area (Å²) in [5.41, 5.74) is -0.324. The molecule has 0 bridgehead atoms. The van der Waals surface area contributed by atoms with Crippen LogP contribution in [0.5, 0.6) is 0 Å². The van der Waals surface area contributed by atoms with Crippen molar-refractivity contribution in [2.45, 2.75) is 19.4 Å². The fraction of sp³-hybridized carbons (Fsp3) is 0.562. The van der Waals surface area contributed by atoms with E-state index in [4.69, 9.17) is 4.74 Å². The third kappa shape index (κ3) is 4.52. The number of methoxy groups -OCH3 is 1. The fourth-order valence-corrected chi connectivity index (χ4v) is 2.45. The number of carbonyl (C=O) groups is 1. The minimum atomic E-state index is -1.10. The zero-order valence-electron chi connectivity index (χ0n) is 13.1. The molecule has 0 saturated heterocycles. The van der Waals surface area contributed by atoms with Crippen molar-refractivity contribution in [2.75, 3.05) is 39.9 Å². The Balaban J connectivity index is 3.08. The first-order valence-electron chi connectivity index (χ1n) is 7.36. The molecule has 0 aliphatic heterocycles. The Bertz CT molecular complexity index is 425. The van der Waals surface area contributed by atoms with Gasteiger partial charge in [-0.3, -0.25) is 10.2 Å². The summed E-state index contributed by atoms with van der Waals surface area (Å²) in [6, 6.07) is 9.36. The average molecular weight is 294 g/mol. The molecule has 0 aromatic heterocycles. The lowest BCUT2D eigenvalue weighted by Gasteiger charge is -2.35. The van der Waals surface area contributed by atoms with E-state index < -0.39 is 11.5 Å². The van der Waals surface area contributed by atoms with Crippen LogP contribution in [0.25, 0.3) is 0 Å². The van der Waals surface area contributed by atoms with Gasteiger partial charge in [-0.05, 0) is 18.7 Å². The molecule has 118 valence electrons. The largest absolute Gasteiger partial charge is 0.480 e. The van der Waals surface area contributed by atoms with E-state index in [1.165, 1.54) is 0 Å². The molecule has 5 heteroatoms. The van der Waals surface area contributed by atoms with Crippen molar-refractivity contribution in [3.05, 3.63) is 35.9 Å². The van der Waals surface area contributed by atoms with Gasteiger partial charge in [-0.2, -0.15) is 0 Å². The van der Waals surface area contributed by atoms with Crippen LogP contribution in [0.1, 0.15) is 19.4 Å². The lowest BCUT2D eigenvalue weighted by molar-refractivity contribution is -0.146. The Labute approximate surface area is 126 Å². The summed E-state index contributed by atoms with van der Waals surface area (Å²) >= 11 is 0. The SMILES string of the molecule is CCNC(CN(CC)CCOC)(C(=O)O)c1ccccc1. The lowest BCUT2D eigenvalue weighted by Crippen LogP contribution is -2.56. The number of aliphatic carboxylic acids is 1. The van der Waals surface area contributed by atoms with Crippen molar-refractivity contribution in [3.63, 3.8) is 0 Å². The van der Waals surface area contributed by atoms with Gasteiger partial charge in [0.1, 0.15) is 0 Å². The number of likely N-dealkylation sites (N-methyl/N-ethyl adjacent to an activating group) is 2. The minimum Gasteiger partial charge on any atom is -0.480 e. The monoisotopic (exact) mass is 294 g/mol. The molecule has 21 heavy (non-hydrogen) atoms. The first kappa shape index (κ1) is 17.6. The van der Waals surface area contributed by atoms with E-state index in [1.807, 2.05) is 44.2 Å². The second kappa shape index (κ2) is 8.77. The zero-order chi connectivity index (χ0) is 15.7. The Kier molecular flexibility index (Phi) is 7.36. The molecule has 0 amide bonds. The molecule has 0 spiro atoms. The third-order valence-corrected chi connectivity index (χ3v) is 3.63. The van der Waals surface area contributed by atoms with Crippen LogP contribution in [0.4, 0.5) is 0 Å². The maximum Gasteiger partial charge on any atom is 0.329 e. The van der Waals surface area contributed by atoms with Crippen LogP contribution < -0.4 is 5.32 Å². The average Bonchev–Trinajstić information content (AvgIpc) is 2.51. The molecule has 2 N–H and O–H groups in total. The summed E-state index contributed by atoms with van der Waals surface area (Å²) in [6.45, 7) is 7.01. The number of rotatable bonds is 10. The summed E-state index contributed by atoms with van der Waals surface area (Å²) in [6.07, 6.45) is 0. The van der Waals surface area contributed by atoms with Gasteiger partial charge < -0.3 is 9.84 Å². The highest BCUT2D eigenvalue weighted by atomic mass is 16.5. The van der Waals surface area contributed by atoms with Crippen LogP contribution >= 0.6 is 0 Å². The highest BCUT2D eigenvalue weighted by Gasteiger charge is 2.40. The Hall–Kier alpha value is -1.43. The van der Waals surface area contributed by atoms with E-state index in [0.717, 1.165) is 12.1 Å². The Morgan fingerprint density at radius 3 is 2.48 bits per heavy atom. The van der Waals surface area contributed by atoms with E-state index in [2.05, 4.69) is 10.2 Å². The number of carboxylic acid groups (broad SMARTS) is 1. The Morgan fingerprint density at radius 2 is 2.00 bits per heavy atom. The highest BCUT2D eigenvalue weighted by Crippen LogP contribution is 2.23. The standard InChI is InChI=1S/C16H26N2O3/c1-4-17-16(15(19)20,14-9-7-6-8-10-14)13-18(5-2)11-12-21-3/h6-10,17H,4-5,11-13H2,1-3H3,(H,19,20). The second-order valence-corrected chi connectivity index (χ2v) is 4.97. The second-order valence-electron chi connectivity index (χ2n) is 4.97. The summed E-state index contributed by atoms with van der Waals surface area (Å²) in [5.74, 6) is -0.855. The summed E-state index contributed by atoms with van der Waals surface area (Å²) in [4.78, 5) is 14.1. The molecular weight excluding hydrogens is 268 g/mol. The molecule has 1 unspecified atom stereocenters. The van der Waals surface area contributed by atoms with Crippen LogP contribution in [0.15, 0.2) is 30.3 Å². The van der Waals surface area contributed by atoms with Gasteiger partial charge >= 0.3 is 5.97 Å². The van der Waals surface area contributed by atoms with Crippen molar-refractivity contribution in [3.8, 4) is 0 Å². The van der Waals surface area contributed by atoms with Crippen LogP contribution in [0.2, 0.25) is 0 Å². The normalized spacial score (nSPS) is 14.1. The predicted octanol–water partition coefficient (Wildman–Crippen LogP) is 1.54. The van der Waals surface area contributed by atoms with Crippen molar-refractivity contribution < 1.29 is 14.6 Å². The van der Waals surface area contributed by atoms with Crippen LogP contribution in [-0.4, -0.2) is 55.9 Å². The van der Waals surface area contributed by atoms with E-state index >= 15 is 0 Å². The van der Waals surface area contributed by atoms with Gasteiger partial charge in [0.2, 0.25) is 0 Å². The van der Waals surface area contributed by atoms with Gasteiger partial charge in [0.15, 0.2) is 5.54 Å². The highest BCUT2D eigenvalue weighted by molar-refractivity contribution is 5.81.